The van der Waals surface area contributed by atoms with E-state index in [1.165, 1.54) is 11.1 Å². The minimum atomic E-state index is -0.591. The number of hydrogen-bond acceptors (Lipinski definition) is 4. The number of methoxy groups -OCH3 is 1. The molecule has 0 amide bonds. The largest absolute Gasteiger partial charge is 0.497 e. The summed E-state index contributed by atoms with van der Waals surface area (Å²) in [4.78, 5) is 0. The second-order valence-electron chi connectivity index (χ2n) is 5.51. The number of nitrogens with one attached hydrogen (secondary N) is 1. The summed E-state index contributed by atoms with van der Waals surface area (Å²) in [6.07, 6.45) is 4.11. The molecule has 1 aromatic carbocycles. The zero-order valence-corrected chi connectivity index (χ0v) is 12.2. The summed E-state index contributed by atoms with van der Waals surface area (Å²) in [5.41, 5.74) is 2.74. The summed E-state index contributed by atoms with van der Waals surface area (Å²) < 4.78 is 10.5. The number of furan rings is 1. The Morgan fingerprint density at radius 1 is 1.38 bits per heavy atom. The molecule has 2 atom stereocenters. The molecule has 2 N–H and O–H groups in total. The average Bonchev–Trinajstić information content (AvgIpc) is 3.06. The number of aryl methyl sites for hydroxylation is 1. The number of aliphatic hydroxyl groups excluding tert-OH is 1. The molecule has 112 valence electrons. The Labute approximate surface area is 124 Å². The van der Waals surface area contributed by atoms with E-state index in [1.807, 2.05) is 6.07 Å². The van der Waals surface area contributed by atoms with E-state index < -0.39 is 6.10 Å². The molecule has 0 spiro atoms. The SMILES string of the molecule is COc1ccc2c(c1)C[C@@H](NC[C@@H](O)c1ccco1)CC2. The summed E-state index contributed by atoms with van der Waals surface area (Å²) >= 11 is 0. The van der Waals surface area contributed by atoms with Crippen molar-refractivity contribution >= 4 is 0 Å². The Hall–Kier alpha value is -1.78. The van der Waals surface area contributed by atoms with Gasteiger partial charge in [-0.2, -0.15) is 0 Å². The van der Waals surface area contributed by atoms with Gasteiger partial charge in [0.1, 0.15) is 17.6 Å². The molecule has 0 saturated carbocycles. The van der Waals surface area contributed by atoms with Gasteiger partial charge in [-0.1, -0.05) is 6.07 Å². The van der Waals surface area contributed by atoms with Crippen LogP contribution >= 0.6 is 0 Å². The lowest BCUT2D eigenvalue weighted by Gasteiger charge is -2.26. The Kier molecular flexibility index (Phi) is 4.27. The highest BCUT2D eigenvalue weighted by Crippen LogP contribution is 2.25. The van der Waals surface area contributed by atoms with Crippen molar-refractivity contribution in [3.8, 4) is 5.75 Å². The molecular formula is C17H21NO3. The van der Waals surface area contributed by atoms with Gasteiger partial charge < -0.3 is 19.6 Å². The van der Waals surface area contributed by atoms with Crippen molar-refractivity contribution in [3.05, 3.63) is 53.5 Å². The third kappa shape index (κ3) is 3.28. The van der Waals surface area contributed by atoms with Gasteiger partial charge in [0.15, 0.2) is 0 Å². The summed E-state index contributed by atoms with van der Waals surface area (Å²) in [5, 5.41) is 13.5. The summed E-state index contributed by atoms with van der Waals surface area (Å²) in [6, 6.07) is 10.3. The normalized spacial score (nSPS) is 19.0. The zero-order valence-electron chi connectivity index (χ0n) is 12.2. The van der Waals surface area contributed by atoms with Crippen LogP contribution in [0.2, 0.25) is 0 Å². The predicted molar refractivity (Wildman–Crippen MR) is 80.5 cm³/mol. The molecule has 1 aliphatic rings. The van der Waals surface area contributed by atoms with Crippen LogP contribution in [-0.4, -0.2) is 24.8 Å². The van der Waals surface area contributed by atoms with Gasteiger partial charge in [0, 0.05) is 12.6 Å². The van der Waals surface area contributed by atoms with E-state index in [1.54, 1.807) is 25.5 Å². The van der Waals surface area contributed by atoms with Crippen LogP contribution in [0.1, 0.15) is 29.4 Å². The van der Waals surface area contributed by atoms with Gasteiger partial charge in [-0.25, -0.2) is 0 Å². The van der Waals surface area contributed by atoms with Gasteiger partial charge in [-0.15, -0.1) is 0 Å². The van der Waals surface area contributed by atoms with Crippen molar-refractivity contribution in [2.24, 2.45) is 0 Å². The Morgan fingerprint density at radius 3 is 3.05 bits per heavy atom. The fraction of sp³-hybridized carbons (Fsp3) is 0.412. The third-order valence-corrected chi connectivity index (χ3v) is 4.11. The standard InChI is InChI=1S/C17H21NO3/c1-20-15-7-5-12-4-6-14(9-13(12)10-15)18-11-16(19)17-3-2-8-21-17/h2-3,5,7-8,10,14,16,18-19H,4,6,9,11H2,1H3/t14-,16+/m0/s1. The van der Waals surface area contributed by atoms with Gasteiger partial charge in [0.25, 0.3) is 0 Å². The van der Waals surface area contributed by atoms with Crippen molar-refractivity contribution in [1.29, 1.82) is 0 Å². The number of fused-ring (bicyclic) bond motifs is 1. The van der Waals surface area contributed by atoms with Crippen molar-refractivity contribution < 1.29 is 14.3 Å². The lowest BCUT2D eigenvalue weighted by atomic mass is 9.88. The number of benzene rings is 1. The Balaban J connectivity index is 1.58. The zero-order chi connectivity index (χ0) is 14.7. The Bertz CT molecular complexity index is 580. The molecule has 1 aliphatic carbocycles. The van der Waals surface area contributed by atoms with Crippen LogP contribution in [0.4, 0.5) is 0 Å². The summed E-state index contributed by atoms with van der Waals surface area (Å²) in [7, 11) is 1.69. The average molecular weight is 287 g/mol. The summed E-state index contributed by atoms with van der Waals surface area (Å²) in [5.74, 6) is 1.52. The molecular weight excluding hydrogens is 266 g/mol. The van der Waals surface area contributed by atoms with Crippen LogP contribution in [0.25, 0.3) is 0 Å². The maximum absolute atomic E-state index is 10.0. The first-order valence-corrected chi connectivity index (χ1v) is 7.37. The molecule has 0 radical (unpaired) electrons. The van der Waals surface area contributed by atoms with Crippen LogP contribution in [0.15, 0.2) is 41.0 Å². The maximum Gasteiger partial charge on any atom is 0.133 e. The third-order valence-electron chi connectivity index (χ3n) is 4.11. The van der Waals surface area contributed by atoms with Gasteiger partial charge in [-0.3, -0.25) is 0 Å². The van der Waals surface area contributed by atoms with E-state index in [0.29, 0.717) is 18.3 Å². The molecule has 0 saturated heterocycles. The molecule has 0 fully saturated rings. The maximum atomic E-state index is 10.0. The van der Waals surface area contributed by atoms with E-state index in [4.69, 9.17) is 9.15 Å². The number of aliphatic hydroxyl groups is 1. The molecule has 21 heavy (non-hydrogen) atoms. The number of hydrogen-bond donors (Lipinski definition) is 2. The van der Waals surface area contributed by atoms with E-state index >= 15 is 0 Å². The lowest BCUT2D eigenvalue weighted by Crippen LogP contribution is -2.37. The highest BCUT2D eigenvalue weighted by Gasteiger charge is 2.20. The molecule has 0 unspecified atom stereocenters. The lowest BCUT2D eigenvalue weighted by molar-refractivity contribution is 0.142. The highest BCUT2D eigenvalue weighted by atomic mass is 16.5. The molecule has 0 bridgehead atoms. The first kappa shape index (κ1) is 14.2. The molecule has 4 nitrogen and oxygen atoms in total. The number of ether oxygens (including phenoxy) is 1. The number of rotatable bonds is 5. The topological polar surface area (TPSA) is 54.6 Å². The second kappa shape index (κ2) is 6.33. The molecule has 0 aliphatic heterocycles. The monoisotopic (exact) mass is 287 g/mol. The minimum absolute atomic E-state index is 0.384. The first-order valence-electron chi connectivity index (χ1n) is 7.37. The van der Waals surface area contributed by atoms with Crippen LogP contribution in [0.5, 0.6) is 5.75 Å². The van der Waals surface area contributed by atoms with Gasteiger partial charge in [0.05, 0.1) is 13.4 Å². The summed E-state index contributed by atoms with van der Waals surface area (Å²) in [6.45, 7) is 0.511. The quantitative estimate of drug-likeness (QED) is 0.887. The smallest absolute Gasteiger partial charge is 0.133 e. The van der Waals surface area contributed by atoms with Crippen LogP contribution in [0.3, 0.4) is 0 Å². The van der Waals surface area contributed by atoms with E-state index in [0.717, 1.165) is 25.0 Å². The molecule has 4 heteroatoms. The van der Waals surface area contributed by atoms with Crippen molar-refractivity contribution in [2.75, 3.05) is 13.7 Å². The van der Waals surface area contributed by atoms with Crippen LogP contribution < -0.4 is 10.1 Å². The fourth-order valence-corrected chi connectivity index (χ4v) is 2.89. The van der Waals surface area contributed by atoms with Gasteiger partial charge >= 0.3 is 0 Å². The highest BCUT2D eigenvalue weighted by molar-refractivity contribution is 5.37. The minimum Gasteiger partial charge on any atom is -0.497 e. The van der Waals surface area contributed by atoms with Crippen LogP contribution in [0, 0.1) is 0 Å². The molecule has 1 aromatic heterocycles. The van der Waals surface area contributed by atoms with E-state index in [9.17, 15) is 5.11 Å². The van der Waals surface area contributed by atoms with Crippen molar-refractivity contribution in [1.82, 2.24) is 5.32 Å². The van der Waals surface area contributed by atoms with Crippen molar-refractivity contribution in [3.63, 3.8) is 0 Å². The fourth-order valence-electron chi connectivity index (χ4n) is 2.89. The molecule has 2 aromatic rings. The molecule has 3 rings (SSSR count). The van der Waals surface area contributed by atoms with E-state index in [2.05, 4.69) is 17.4 Å². The van der Waals surface area contributed by atoms with Crippen LogP contribution in [-0.2, 0) is 12.8 Å². The Morgan fingerprint density at radius 2 is 2.29 bits per heavy atom. The first-order chi connectivity index (χ1) is 10.3. The van der Waals surface area contributed by atoms with Crippen molar-refractivity contribution in [2.45, 2.75) is 31.4 Å². The van der Waals surface area contributed by atoms with Gasteiger partial charge in [-0.05, 0) is 54.7 Å². The van der Waals surface area contributed by atoms with E-state index in [-0.39, 0.29) is 0 Å². The predicted octanol–water partition coefficient (Wildman–Crippen LogP) is 2.47. The molecule has 1 heterocycles. The second-order valence-corrected chi connectivity index (χ2v) is 5.51. The van der Waals surface area contributed by atoms with Gasteiger partial charge in [0.2, 0.25) is 0 Å².